The van der Waals surface area contributed by atoms with E-state index in [4.69, 9.17) is 32.7 Å². The number of rotatable bonds is 4. The van der Waals surface area contributed by atoms with Crippen LogP contribution in [0.3, 0.4) is 0 Å². The number of methoxy groups -OCH3 is 1. The second-order valence-corrected chi connectivity index (χ2v) is 6.30. The van der Waals surface area contributed by atoms with Gasteiger partial charge in [-0.3, -0.25) is 0 Å². The second-order valence-electron chi connectivity index (χ2n) is 5.45. The Bertz CT molecular complexity index is 687. The maximum absolute atomic E-state index is 10.1. The van der Waals surface area contributed by atoms with Gasteiger partial charge in [-0.15, -0.1) is 10.2 Å². The van der Waals surface area contributed by atoms with Gasteiger partial charge in [-0.1, -0.05) is 23.2 Å². The molecule has 1 aliphatic heterocycles. The number of ether oxygens (including phenoxy) is 2. The monoisotopic (exact) mass is 369 g/mol. The fourth-order valence-corrected chi connectivity index (χ4v) is 3.23. The highest BCUT2D eigenvalue weighted by atomic mass is 35.5. The van der Waals surface area contributed by atoms with Crippen LogP contribution in [-0.4, -0.2) is 54.8 Å². The molecule has 1 N–H and O–H groups in total. The Balaban J connectivity index is 1.81. The van der Waals surface area contributed by atoms with Gasteiger partial charge in [0.1, 0.15) is 5.75 Å². The normalized spacial score (nSPS) is 18.0. The maximum Gasteiger partial charge on any atom is 0.151 e. The maximum atomic E-state index is 10.1. The molecule has 0 radical (unpaired) electrons. The van der Waals surface area contributed by atoms with Gasteiger partial charge in [0.2, 0.25) is 0 Å². The predicted octanol–water partition coefficient (Wildman–Crippen LogP) is 3.01. The Labute approximate surface area is 149 Å². The summed E-state index contributed by atoms with van der Waals surface area (Å²) in [6.07, 6.45) is 0.0139. The van der Waals surface area contributed by atoms with Crippen LogP contribution in [-0.2, 0) is 9.47 Å². The Morgan fingerprint density at radius 3 is 2.83 bits per heavy atom. The van der Waals surface area contributed by atoms with Gasteiger partial charge in [-0.25, -0.2) is 0 Å². The number of nitrogens with zero attached hydrogens (tertiary/aromatic N) is 3. The molecule has 0 spiro atoms. The first kappa shape index (κ1) is 17.2. The Hall–Kier alpha value is -1.60. The molecule has 1 saturated heterocycles. The average molecular weight is 370 g/mol. The summed E-state index contributed by atoms with van der Waals surface area (Å²) in [6, 6.07) is 6.61. The SMILES string of the molecule is COC[C@@H]1CN(c2ccc(-c3c(O)cc(Cl)cc3Cl)nn2)CCO1. The fourth-order valence-electron chi connectivity index (χ4n) is 2.65. The molecule has 1 aliphatic rings. The highest BCUT2D eigenvalue weighted by molar-refractivity contribution is 6.36. The third kappa shape index (κ3) is 3.72. The van der Waals surface area contributed by atoms with E-state index in [2.05, 4.69) is 15.1 Å². The molecule has 24 heavy (non-hydrogen) atoms. The van der Waals surface area contributed by atoms with Crippen LogP contribution >= 0.6 is 23.2 Å². The van der Waals surface area contributed by atoms with Crippen molar-refractivity contribution in [2.24, 2.45) is 0 Å². The second kappa shape index (κ2) is 7.53. The van der Waals surface area contributed by atoms with E-state index in [-0.39, 0.29) is 11.9 Å². The van der Waals surface area contributed by atoms with Gasteiger partial charge in [-0.2, -0.15) is 0 Å². The Kier molecular flexibility index (Phi) is 5.40. The number of hydrogen-bond acceptors (Lipinski definition) is 6. The van der Waals surface area contributed by atoms with Crippen LogP contribution in [0.1, 0.15) is 0 Å². The van der Waals surface area contributed by atoms with Crippen molar-refractivity contribution < 1.29 is 14.6 Å². The molecule has 0 saturated carbocycles. The third-order valence-electron chi connectivity index (χ3n) is 3.76. The van der Waals surface area contributed by atoms with Crippen molar-refractivity contribution >= 4 is 29.0 Å². The molecule has 6 nitrogen and oxygen atoms in total. The summed E-state index contributed by atoms with van der Waals surface area (Å²) >= 11 is 12.0. The summed E-state index contributed by atoms with van der Waals surface area (Å²) in [4.78, 5) is 2.09. The summed E-state index contributed by atoms with van der Waals surface area (Å²) in [5, 5.41) is 19.2. The Morgan fingerprint density at radius 1 is 1.33 bits per heavy atom. The largest absolute Gasteiger partial charge is 0.507 e. The minimum atomic E-state index is -0.0268. The van der Waals surface area contributed by atoms with Crippen LogP contribution < -0.4 is 4.90 Å². The van der Waals surface area contributed by atoms with Gasteiger partial charge < -0.3 is 19.5 Å². The summed E-state index contributed by atoms with van der Waals surface area (Å²) in [6.45, 7) is 2.58. The van der Waals surface area contributed by atoms with E-state index in [0.717, 1.165) is 12.4 Å². The van der Waals surface area contributed by atoms with Crippen molar-refractivity contribution in [1.29, 1.82) is 0 Å². The number of phenolic OH excluding ortho intramolecular Hbond substituents is 1. The highest BCUT2D eigenvalue weighted by Gasteiger charge is 2.22. The topological polar surface area (TPSA) is 67.7 Å². The number of morpholine rings is 1. The lowest BCUT2D eigenvalue weighted by Crippen LogP contribution is -2.44. The van der Waals surface area contributed by atoms with Crippen LogP contribution in [0.5, 0.6) is 5.75 Å². The standard InChI is InChI=1S/C16H17Cl2N3O3/c1-23-9-11-8-21(4-5-24-11)15-3-2-13(19-20-15)16-12(18)6-10(17)7-14(16)22/h2-3,6-7,11,22H,4-5,8-9H2,1H3/t11-/m0/s1. The van der Waals surface area contributed by atoms with Crippen LogP contribution in [0.4, 0.5) is 5.82 Å². The van der Waals surface area contributed by atoms with Crippen molar-refractivity contribution in [2.75, 3.05) is 38.3 Å². The number of anilines is 1. The van der Waals surface area contributed by atoms with Gasteiger partial charge in [0.25, 0.3) is 0 Å². The molecule has 1 aromatic carbocycles. The summed E-state index contributed by atoms with van der Waals surface area (Å²) in [5.41, 5.74) is 0.902. The first-order chi connectivity index (χ1) is 11.6. The first-order valence-corrected chi connectivity index (χ1v) is 8.21. The van der Waals surface area contributed by atoms with E-state index in [9.17, 15) is 5.11 Å². The van der Waals surface area contributed by atoms with Gasteiger partial charge in [0.05, 0.1) is 35.6 Å². The molecule has 128 valence electrons. The van der Waals surface area contributed by atoms with Gasteiger partial charge in [-0.05, 0) is 24.3 Å². The van der Waals surface area contributed by atoms with Crippen LogP contribution in [0.2, 0.25) is 10.0 Å². The molecular formula is C16H17Cl2N3O3. The molecule has 8 heteroatoms. The van der Waals surface area contributed by atoms with E-state index in [1.807, 2.05) is 6.07 Å². The molecule has 2 heterocycles. The number of hydrogen-bond donors (Lipinski definition) is 1. The molecule has 1 aromatic heterocycles. The third-order valence-corrected chi connectivity index (χ3v) is 4.27. The van der Waals surface area contributed by atoms with Crippen molar-refractivity contribution in [3.8, 4) is 17.0 Å². The average Bonchev–Trinajstić information content (AvgIpc) is 2.55. The van der Waals surface area contributed by atoms with E-state index < -0.39 is 0 Å². The smallest absolute Gasteiger partial charge is 0.151 e. The van der Waals surface area contributed by atoms with Gasteiger partial charge in [0.15, 0.2) is 5.82 Å². The molecule has 0 aliphatic carbocycles. The molecule has 2 aromatic rings. The quantitative estimate of drug-likeness (QED) is 0.893. The van der Waals surface area contributed by atoms with Crippen LogP contribution in [0.15, 0.2) is 24.3 Å². The lowest BCUT2D eigenvalue weighted by atomic mass is 10.1. The molecule has 0 amide bonds. The first-order valence-electron chi connectivity index (χ1n) is 7.46. The lowest BCUT2D eigenvalue weighted by molar-refractivity contribution is -0.0102. The zero-order valence-corrected chi connectivity index (χ0v) is 14.6. The number of phenols is 1. The Morgan fingerprint density at radius 2 is 2.17 bits per heavy atom. The van der Waals surface area contributed by atoms with E-state index in [0.29, 0.717) is 41.1 Å². The zero-order chi connectivity index (χ0) is 17.1. The van der Waals surface area contributed by atoms with Gasteiger partial charge >= 0.3 is 0 Å². The molecule has 1 fully saturated rings. The number of aromatic hydroxyl groups is 1. The van der Waals surface area contributed by atoms with Crippen LogP contribution in [0.25, 0.3) is 11.3 Å². The summed E-state index contributed by atoms with van der Waals surface area (Å²) in [5.74, 6) is 0.716. The molecular weight excluding hydrogens is 353 g/mol. The summed E-state index contributed by atoms with van der Waals surface area (Å²) < 4.78 is 10.8. The van der Waals surface area contributed by atoms with Crippen molar-refractivity contribution in [3.63, 3.8) is 0 Å². The zero-order valence-electron chi connectivity index (χ0n) is 13.1. The fraction of sp³-hybridized carbons (Fsp3) is 0.375. The van der Waals surface area contributed by atoms with E-state index in [1.165, 1.54) is 6.07 Å². The van der Waals surface area contributed by atoms with E-state index in [1.54, 1.807) is 19.2 Å². The number of halogens is 2. The summed E-state index contributed by atoms with van der Waals surface area (Å²) in [7, 11) is 1.65. The lowest BCUT2D eigenvalue weighted by Gasteiger charge is -2.33. The predicted molar refractivity (Wildman–Crippen MR) is 93.0 cm³/mol. The number of aromatic nitrogens is 2. The molecule has 3 rings (SSSR count). The van der Waals surface area contributed by atoms with Crippen molar-refractivity contribution in [1.82, 2.24) is 10.2 Å². The van der Waals surface area contributed by atoms with Crippen molar-refractivity contribution in [2.45, 2.75) is 6.10 Å². The van der Waals surface area contributed by atoms with E-state index >= 15 is 0 Å². The van der Waals surface area contributed by atoms with Gasteiger partial charge in [0, 0.05) is 25.2 Å². The van der Waals surface area contributed by atoms with Crippen LogP contribution in [0, 0.1) is 0 Å². The molecule has 0 bridgehead atoms. The minimum Gasteiger partial charge on any atom is -0.507 e. The van der Waals surface area contributed by atoms with Crippen molar-refractivity contribution in [3.05, 3.63) is 34.3 Å². The highest BCUT2D eigenvalue weighted by Crippen LogP contribution is 2.37. The minimum absolute atomic E-state index is 0.0139. The number of benzene rings is 1. The molecule has 0 unspecified atom stereocenters. The molecule has 1 atom stereocenters.